The summed E-state index contributed by atoms with van der Waals surface area (Å²) in [4.78, 5) is 16.7. The number of nitrogens with zero attached hydrogens (tertiary/aromatic N) is 2. The van der Waals surface area contributed by atoms with Crippen molar-refractivity contribution in [3.8, 4) is 17.2 Å². The molecule has 0 unspecified atom stereocenters. The second-order valence-electron chi connectivity index (χ2n) is 6.72. The smallest absolute Gasteiger partial charge is 0.328 e. The number of rotatable bonds is 4. The van der Waals surface area contributed by atoms with Crippen LogP contribution in [0.1, 0.15) is 12.8 Å². The minimum Gasteiger partial charge on any atom is -0.508 e. The monoisotopic (exact) mass is 374 g/mol. The number of phenols is 1. The number of carbonyl (C=O) groups is 1. The van der Waals surface area contributed by atoms with Gasteiger partial charge < -0.3 is 9.84 Å². The summed E-state index contributed by atoms with van der Waals surface area (Å²) in [6, 6.07) is 23.9. The Morgan fingerprint density at radius 1 is 0.679 bits per heavy atom. The molecule has 1 aliphatic rings. The maximum Gasteiger partial charge on any atom is 0.328 e. The summed E-state index contributed by atoms with van der Waals surface area (Å²) in [5.41, 5.74) is 1.63. The SMILES string of the molecule is O=C1N(c2ccc(O)cc2)CCCCN1c1ccc(Oc2ccccc2)cc1. The van der Waals surface area contributed by atoms with Gasteiger partial charge in [-0.05, 0) is 73.5 Å². The maximum atomic E-state index is 13.2. The summed E-state index contributed by atoms with van der Waals surface area (Å²) in [6.07, 6.45) is 1.86. The van der Waals surface area contributed by atoms with Gasteiger partial charge in [-0.2, -0.15) is 0 Å². The van der Waals surface area contributed by atoms with Crippen molar-refractivity contribution in [2.24, 2.45) is 0 Å². The molecule has 0 aromatic heterocycles. The van der Waals surface area contributed by atoms with Gasteiger partial charge in [0.25, 0.3) is 0 Å². The number of ether oxygens (including phenoxy) is 1. The van der Waals surface area contributed by atoms with Gasteiger partial charge >= 0.3 is 6.03 Å². The van der Waals surface area contributed by atoms with Crippen LogP contribution in [0.5, 0.6) is 17.2 Å². The number of amides is 2. The number of carbonyl (C=O) groups excluding carboxylic acids is 1. The Morgan fingerprint density at radius 3 is 1.75 bits per heavy atom. The summed E-state index contributed by atoms with van der Waals surface area (Å²) < 4.78 is 5.84. The highest BCUT2D eigenvalue weighted by molar-refractivity contribution is 6.03. The summed E-state index contributed by atoms with van der Waals surface area (Å²) in [7, 11) is 0. The molecule has 1 N–H and O–H groups in total. The number of hydrogen-bond donors (Lipinski definition) is 1. The lowest BCUT2D eigenvalue weighted by molar-refractivity contribution is 0.252. The van der Waals surface area contributed by atoms with Crippen LogP contribution in [-0.4, -0.2) is 24.2 Å². The lowest BCUT2D eigenvalue weighted by Crippen LogP contribution is -2.42. The molecule has 1 fully saturated rings. The zero-order valence-electron chi connectivity index (χ0n) is 15.5. The van der Waals surface area contributed by atoms with Crippen molar-refractivity contribution in [2.75, 3.05) is 22.9 Å². The van der Waals surface area contributed by atoms with Gasteiger partial charge in [0.05, 0.1) is 0 Å². The van der Waals surface area contributed by atoms with Crippen molar-refractivity contribution in [1.82, 2.24) is 0 Å². The Morgan fingerprint density at radius 2 is 1.18 bits per heavy atom. The van der Waals surface area contributed by atoms with E-state index in [0.29, 0.717) is 13.1 Å². The first-order valence-corrected chi connectivity index (χ1v) is 9.42. The average Bonchev–Trinajstić information content (AvgIpc) is 2.92. The van der Waals surface area contributed by atoms with Gasteiger partial charge in [-0.1, -0.05) is 18.2 Å². The highest BCUT2D eigenvalue weighted by Gasteiger charge is 2.26. The third-order valence-corrected chi connectivity index (χ3v) is 4.76. The second kappa shape index (κ2) is 8.05. The van der Waals surface area contributed by atoms with E-state index in [2.05, 4.69) is 0 Å². The lowest BCUT2D eigenvalue weighted by atomic mass is 10.2. The van der Waals surface area contributed by atoms with E-state index in [9.17, 15) is 9.90 Å². The quantitative estimate of drug-likeness (QED) is 0.664. The van der Waals surface area contributed by atoms with Gasteiger partial charge in [0, 0.05) is 24.5 Å². The predicted molar refractivity (Wildman–Crippen MR) is 110 cm³/mol. The molecule has 4 rings (SSSR count). The van der Waals surface area contributed by atoms with Crippen molar-refractivity contribution < 1.29 is 14.6 Å². The first kappa shape index (κ1) is 17.9. The van der Waals surface area contributed by atoms with Gasteiger partial charge in [0.15, 0.2) is 0 Å². The molecule has 0 aliphatic carbocycles. The van der Waals surface area contributed by atoms with Crippen molar-refractivity contribution in [2.45, 2.75) is 12.8 Å². The molecule has 1 heterocycles. The lowest BCUT2D eigenvalue weighted by Gasteiger charge is -2.28. The van der Waals surface area contributed by atoms with E-state index in [-0.39, 0.29) is 11.8 Å². The topological polar surface area (TPSA) is 53.0 Å². The molecule has 0 saturated carbocycles. The van der Waals surface area contributed by atoms with Crippen LogP contribution in [0, 0.1) is 0 Å². The van der Waals surface area contributed by atoms with Crippen LogP contribution >= 0.6 is 0 Å². The van der Waals surface area contributed by atoms with Gasteiger partial charge in [-0.25, -0.2) is 4.79 Å². The number of aromatic hydroxyl groups is 1. The largest absolute Gasteiger partial charge is 0.508 e. The van der Waals surface area contributed by atoms with E-state index in [1.54, 1.807) is 34.1 Å². The van der Waals surface area contributed by atoms with Gasteiger partial charge in [-0.3, -0.25) is 9.80 Å². The maximum absolute atomic E-state index is 13.2. The molecule has 0 atom stereocenters. The van der Waals surface area contributed by atoms with Crippen LogP contribution in [0.3, 0.4) is 0 Å². The first-order valence-electron chi connectivity index (χ1n) is 9.42. The van der Waals surface area contributed by atoms with Gasteiger partial charge in [-0.15, -0.1) is 0 Å². The molecule has 1 saturated heterocycles. The normalized spacial score (nSPS) is 14.6. The molecule has 0 radical (unpaired) electrons. The number of anilines is 2. The third-order valence-electron chi connectivity index (χ3n) is 4.76. The van der Waals surface area contributed by atoms with Crippen LogP contribution < -0.4 is 14.5 Å². The van der Waals surface area contributed by atoms with E-state index in [4.69, 9.17) is 4.74 Å². The van der Waals surface area contributed by atoms with E-state index < -0.39 is 0 Å². The standard InChI is InChI=1S/C23H22N2O3/c26-20-12-8-18(9-13-20)24-16-4-5-17-25(23(24)27)19-10-14-22(15-11-19)28-21-6-2-1-3-7-21/h1-3,6-15,26H,4-5,16-17H2. The number of urea groups is 1. The first-order chi connectivity index (χ1) is 13.7. The van der Waals surface area contributed by atoms with E-state index in [1.807, 2.05) is 54.6 Å². The van der Waals surface area contributed by atoms with Crippen molar-refractivity contribution >= 4 is 17.4 Å². The zero-order valence-corrected chi connectivity index (χ0v) is 15.5. The molecule has 3 aromatic carbocycles. The number of hydrogen-bond acceptors (Lipinski definition) is 3. The van der Waals surface area contributed by atoms with Crippen LogP contribution in [-0.2, 0) is 0 Å². The molecule has 142 valence electrons. The molecule has 5 nitrogen and oxygen atoms in total. The fourth-order valence-corrected chi connectivity index (χ4v) is 3.31. The van der Waals surface area contributed by atoms with Crippen LogP contribution in [0.25, 0.3) is 0 Å². The minimum absolute atomic E-state index is 0.0556. The highest BCUT2D eigenvalue weighted by Crippen LogP contribution is 2.28. The molecule has 0 spiro atoms. The van der Waals surface area contributed by atoms with Crippen molar-refractivity contribution in [3.63, 3.8) is 0 Å². The number of benzene rings is 3. The fourth-order valence-electron chi connectivity index (χ4n) is 3.31. The highest BCUT2D eigenvalue weighted by atomic mass is 16.5. The third kappa shape index (κ3) is 3.93. The molecule has 5 heteroatoms. The molecule has 3 aromatic rings. The van der Waals surface area contributed by atoms with Crippen molar-refractivity contribution in [1.29, 1.82) is 0 Å². The van der Waals surface area contributed by atoms with E-state index >= 15 is 0 Å². The van der Waals surface area contributed by atoms with E-state index in [0.717, 1.165) is 35.7 Å². The molecule has 0 bridgehead atoms. The van der Waals surface area contributed by atoms with Crippen molar-refractivity contribution in [3.05, 3.63) is 78.9 Å². The Balaban J connectivity index is 1.53. The molecule has 1 aliphatic heterocycles. The summed E-state index contributed by atoms with van der Waals surface area (Å²) in [6.45, 7) is 1.33. The Bertz CT molecular complexity index is 924. The van der Waals surface area contributed by atoms with E-state index in [1.165, 1.54) is 0 Å². The summed E-state index contributed by atoms with van der Waals surface area (Å²) in [5, 5.41) is 9.51. The molecule has 28 heavy (non-hydrogen) atoms. The number of phenolic OH excluding ortho intramolecular Hbond substituents is 1. The van der Waals surface area contributed by atoms with Gasteiger partial charge in [0.1, 0.15) is 17.2 Å². The molecular formula is C23H22N2O3. The summed E-state index contributed by atoms with van der Waals surface area (Å²) >= 11 is 0. The summed E-state index contributed by atoms with van der Waals surface area (Å²) in [5.74, 6) is 1.70. The van der Waals surface area contributed by atoms with Crippen LogP contribution in [0.4, 0.5) is 16.2 Å². The molecule has 2 amide bonds. The van der Waals surface area contributed by atoms with Crippen LogP contribution in [0.15, 0.2) is 78.9 Å². The zero-order chi connectivity index (χ0) is 19.3. The Kier molecular flexibility index (Phi) is 5.15. The fraction of sp³-hybridized carbons (Fsp3) is 0.174. The van der Waals surface area contributed by atoms with Gasteiger partial charge in [0.2, 0.25) is 0 Å². The van der Waals surface area contributed by atoms with Crippen LogP contribution in [0.2, 0.25) is 0 Å². The molecular weight excluding hydrogens is 352 g/mol. The Hall–Kier alpha value is -3.47. The minimum atomic E-state index is -0.0556. The predicted octanol–water partition coefficient (Wildman–Crippen LogP) is 5.41. The average molecular weight is 374 g/mol. The number of para-hydroxylation sites is 1. The second-order valence-corrected chi connectivity index (χ2v) is 6.72. The Labute approximate surface area is 164 Å².